The summed E-state index contributed by atoms with van der Waals surface area (Å²) in [6.45, 7) is 122. The van der Waals surface area contributed by atoms with Crippen molar-refractivity contribution in [2.24, 2.45) is 0 Å². The molecule has 0 aromatic carbocycles. The highest BCUT2D eigenvalue weighted by molar-refractivity contribution is 6.99. The SMILES string of the molecule is C[SiH](C)O[Si](C)(C)O[Si](C)(C)O[Si](C)(C)O[Si](C)(C)O[Si](C)(C)O[Si](C)(C)O[Si](C)(C)O[Si](C)(C)O[Si](C)(C)O[Si](C)(C)O[Si](C)(C)O[Si](C)(C)O[Si](C)(C)O[Si](C)(C)O[Si](C)(C)O[Si](C)(C)O[Si](C)(C)O[Si](C)(C)O[Si](C)(C)O[Si](C)(C)O[Si](C)(C)O[Si](C)(C)O[Si](C)(C)O[Si](C)(C)O[Si](C)(C)O[Si](C)(C)O[Si](C)(C)O[Si](C)(C)O[Si](C)(C)O. The predicted molar refractivity (Wildman–Crippen MR) is 560 cm³/mol. The number of hydrogen-bond donors (Lipinski definition) is 1. The van der Waals surface area contributed by atoms with Gasteiger partial charge in [0.15, 0.2) is 9.04 Å². The van der Waals surface area contributed by atoms with Crippen LogP contribution >= 0.6 is 0 Å². The van der Waals surface area contributed by atoms with Crippen LogP contribution < -0.4 is 0 Å². The smallest absolute Gasteiger partial charge is 0.320 e. The molecule has 0 heterocycles. The van der Waals surface area contributed by atoms with Crippen molar-refractivity contribution in [1.82, 2.24) is 0 Å². The maximum Gasteiger partial charge on any atom is 0.320 e. The van der Waals surface area contributed by atoms with Crippen molar-refractivity contribution in [3.8, 4) is 0 Å². The Kier molecular flexibility index (Phi) is 44.2. The lowest BCUT2D eigenvalue weighted by atomic mass is 11.9. The number of hydrogen-bond acceptors (Lipinski definition) is 30. The Bertz CT molecular complexity index is 3120. The van der Waals surface area contributed by atoms with Crippen molar-refractivity contribution < 1.29 is 124 Å². The average molecular weight is 2230 g/mol. The van der Waals surface area contributed by atoms with Crippen LogP contribution in [0.25, 0.3) is 0 Å². The molecular weight excluding hydrogens is 2040 g/mol. The molecule has 0 bridgehead atoms. The van der Waals surface area contributed by atoms with Crippen molar-refractivity contribution in [2.45, 2.75) is 393 Å². The first-order chi connectivity index (χ1) is 51.2. The lowest BCUT2D eigenvalue weighted by molar-refractivity contribution is 0.242. The van der Waals surface area contributed by atoms with Crippen LogP contribution in [0.15, 0.2) is 0 Å². The van der Waals surface area contributed by atoms with Gasteiger partial charge in [-0.15, -0.1) is 0 Å². The Labute approximate surface area is 767 Å². The van der Waals surface area contributed by atoms with Gasteiger partial charge >= 0.3 is 248 Å². The molecule has 722 valence electrons. The molecule has 0 aliphatic carbocycles. The third-order valence-electron chi connectivity index (χ3n) is 14.3. The highest BCUT2D eigenvalue weighted by atomic mass is 28.6. The van der Waals surface area contributed by atoms with Gasteiger partial charge in [-0.2, -0.15) is 0 Å². The molecule has 0 saturated heterocycles. The molecule has 0 aliphatic rings. The topological polar surface area (TPSA) is 288 Å². The van der Waals surface area contributed by atoms with Gasteiger partial charge in [0.05, 0.1) is 0 Å². The van der Waals surface area contributed by atoms with Crippen molar-refractivity contribution in [2.75, 3.05) is 0 Å². The molecule has 0 atom stereocenters. The molecule has 0 fully saturated rings. The Morgan fingerprint density at radius 1 is 0.108 bits per heavy atom. The van der Waals surface area contributed by atoms with Crippen LogP contribution in [-0.2, 0) is 119 Å². The summed E-state index contributed by atoms with van der Waals surface area (Å²) in [6, 6.07) is 0. The zero-order valence-electron chi connectivity index (χ0n) is 87.4. The van der Waals surface area contributed by atoms with Gasteiger partial charge in [0.1, 0.15) is 0 Å². The molecule has 0 unspecified atom stereocenters. The third kappa shape index (κ3) is 58.0. The van der Waals surface area contributed by atoms with Crippen LogP contribution in [0.4, 0.5) is 0 Å². The Hall–Kier alpha value is 5.31. The van der Waals surface area contributed by atoms with Crippen LogP contribution in [0.3, 0.4) is 0 Å². The quantitative estimate of drug-likeness (QED) is 0.0553. The van der Waals surface area contributed by atoms with Gasteiger partial charge in [-0.1, -0.05) is 0 Å². The molecule has 1 N–H and O–H groups in total. The summed E-state index contributed by atoms with van der Waals surface area (Å²) in [5, 5.41) is 0. The van der Waals surface area contributed by atoms with Gasteiger partial charge in [-0.3, -0.25) is 0 Å². The molecule has 0 rings (SSSR count). The molecule has 0 aliphatic heterocycles. The van der Waals surface area contributed by atoms with Gasteiger partial charge < -0.3 is 124 Å². The fourth-order valence-electron chi connectivity index (χ4n) is 17.7. The second kappa shape index (κ2) is 42.3. The minimum Gasteiger partial charge on any atom is -0.440 e. The molecule has 0 spiro atoms. The van der Waals surface area contributed by atoms with Gasteiger partial charge in [-0.25, -0.2) is 0 Å². The summed E-state index contributed by atoms with van der Waals surface area (Å²) in [5.74, 6) is 0. The second-order valence-electron chi connectivity index (χ2n) is 44.7. The lowest BCUT2D eigenvalue weighted by Crippen LogP contribution is -2.63. The van der Waals surface area contributed by atoms with Crippen molar-refractivity contribution >= 4 is 257 Å². The van der Waals surface area contributed by atoms with Crippen LogP contribution in [0, 0.1) is 0 Å². The molecule has 0 aromatic rings. The van der Waals surface area contributed by atoms with Gasteiger partial charge in [0.2, 0.25) is 0 Å². The molecule has 60 heteroatoms. The molecule has 0 saturated carbocycles. The van der Waals surface area contributed by atoms with E-state index in [4.69, 9.17) is 119 Å². The van der Waals surface area contributed by atoms with E-state index < -0.39 is 257 Å². The van der Waals surface area contributed by atoms with E-state index in [2.05, 4.69) is 196 Å². The monoisotopic (exact) mass is 2220 g/mol. The first-order valence-corrected chi connectivity index (χ1v) is 127. The van der Waals surface area contributed by atoms with Crippen LogP contribution in [0.2, 0.25) is 393 Å². The fraction of sp³-hybridized carbons (Fsp3) is 1.00. The summed E-state index contributed by atoms with van der Waals surface area (Å²) < 4.78 is 199. The summed E-state index contributed by atoms with van der Waals surface area (Å²) in [4.78, 5) is 10.5. The summed E-state index contributed by atoms with van der Waals surface area (Å²) >= 11 is 0. The predicted octanol–water partition coefficient (Wildman–Crippen LogP) is 20.8. The Morgan fingerprint density at radius 2 is 0.167 bits per heavy atom. The average Bonchev–Trinajstić information content (AvgIpc) is 0.798. The van der Waals surface area contributed by atoms with Crippen LogP contribution in [-0.4, -0.2) is 262 Å². The molecule has 120 heavy (non-hydrogen) atoms. The lowest BCUT2D eigenvalue weighted by Gasteiger charge is -2.45. The highest BCUT2D eigenvalue weighted by Crippen LogP contribution is 2.38. The van der Waals surface area contributed by atoms with Crippen molar-refractivity contribution in [3.05, 3.63) is 0 Å². The van der Waals surface area contributed by atoms with E-state index in [1.807, 2.05) is 183 Å². The van der Waals surface area contributed by atoms with E-state index in [-0.39, 0.29) is 0 Å². The summed E-state index contributed by atoms with van der Waals surface area (Å²) in [5.41, 5.74) is 0. The van der Waals surface area contributed by atoms with Gasteiger partial charge in [0.25, 0.3) is 0 Å². The maximum atomic E-state index is 10.5. The Balaban J connectivity index is 5.96. The Morgan fingerprint density at radius 3 is 0.225 bits per heavy atom. The second-order valence-corrected chi connectivity index (χ2v) is 152. The van der Waals surface area contributed by atoms with E-state index in [0.717, 1.165) is 0 Å². The van der Waals surface area contributed by atoms with E-state index in [9.17, 15) is 4.80 Å². The minimum atomic E-state index is -2.94. The third-order valence-corrected chi connectivity index (χ3v) is 129. The van der Waals surface area contributed by atoms with E-state index in [1.54, 1.807) is 13.1 Å². The van der Waals surface area contributed by atoms with Crippen molar-refractivity contribution in [3.63, 3.8) is 0 Å². The zero-order chi connectivity index (χ0) is 96.6. The van der Waals surface area contributed by atoms with Crippen LogP contribution in [0.1, 0.15) is 0 Å². The summed E-state index contributed by atoms with van der Waals surface area (Å²) in [7, 11) is -83.8. The van der Waals surface area contributed by atoms with E-state index in [1.165, 1.54) is 0 Å². The zero-order valence-corrected chi connectivity index (χ0v) is 118. The largest absolute Gasteiger partial charge is 0.440 e. The first kappa shape index (κ1) is 125. The first-order valence-electron chi connectivity index (χ1n) is 42.2. The van der Waals surface area contributed by atoms with Gasteiger partial charge in [-0.05, 0) is 393 Å². The van der Waals surface area contributed by atoms with Gasteiger partial charge in [0, 0.05) is 0 Å². The molecule has 0 aromatic heterocycles. The number of rotatable bonds is 58. The standard InChI is InChI=1S/C60H182O30Si30/c1-91(2)62-93(5,6)64-95(9,10)66-97(13,14)68-99(17,18)70-101(21,22)72-103(25,26)74-105(29,30)76-107(33,34)78-109(37,38)80-111(41,42)82-113(45,46)84-115(49,50)86-117(53,54)88-119(57,58)90-120(59,60)89-118(55,56)87-116(51,52)85-114(47,48)83-112(43,44)81-110(39,40)79-108(35,36)77-106(31,32)75-104(27,28)73-102(23,24)71-100(19,20)69-98(15,16)67-96(11,12)65-94(7,8)63-92(3,4)61/h61,91H,1-60H3. The molecular formula is C60H182O30Si30. The summed E-state index contributed by atoms with van der Waals surface area (Å²) in [6.07, 6.45) is 0. The normalized spacial score (nSPS) is 16.2. The van der Waals surface area contributed by atoms with Crippen molar-refractivity contribution in [1.29, 1.82) is 0 Å². The van der Waals surface area contributed by atoms with E-state index in [0.29, 0.717) is 0 Å². The minimum absolute atomic E-state index is 1.29. The highest BCUT2D eigenvalue weighted by Gasteiger charge is 2.58. The molecule has 0 radical (unpaired) electrons. The molecule has 30 nitrogen and oxygen atoms in total. The van der Waals surface area contributed by atoms with Crippen LogP contribution in [0.5, 0.6) is 0 Å². The molecule has 0 amide bonds. The maximum absolute atomic E-state index is 10.5. The fourth-order valence-corrected chi connectivity index (χ4v) is 170. The van der Waals surface area contributed by atoms with E-state index >= 15 is 0 Å².